The second kappa shape index (κ2) is 14.2. The molecule has 12 heteroatoms. The van der Waals surface area contributed by atoms with Crippen LogP contribution in [0.15, 0.2) is 40.4 Å². The van der Waals surface area contributed by atoms with Crippen LogP contribution in [0.3, 0.4) is 0 Å². The Hall–Kier alpha value is -3.64. The van der Waals surface area contributed by atoms with Gasteiger partial charge < -0.3 is 24.8 Å². The molecule has 0 unspecified atom stereocenters. The molecule has 1 aliphatic heterocycles. The molecular formula is C31H42N8O3S. The van der Waals surface area contributed by atoms with Crippen molar-refractivity contribution < 1.29 is 14.3 Å². The maximum Gasteiger partial charge on any atom is 0.236 e. The smallest absolute Gasteiger partial charge is 0.236 e. The molecule has 1 aromatic carbocycles. The number of nitrogens with zero attached hydrogens (tertiary/aromatic N) is 6. The largest absolute Gasteiger partial charge is 0.487 e. The van der Waals surface area contributed by atoms with Gasteiger partial charge in [-0.1, -0.05) is 25.0 Å². The topological polar surface area (TPSA) is 120 Å². The minimum absolute atomic E-state index is 0.123. The van der Waals surface area contributed by atoms with Crippen molar-refractivity contribution in [2.45, 2.75) is 56.0 Å². The highest BCUT2D eigenvalue weighted by Crippen LogP contribution is 2.39. The predicted molar refractivity (Wildman–Crippen MR) is 168 cm³/mol. The number of piperazine rings is 1. The Bertz CT molecular complexity index is 1400. The first-order chi connectivity index (χ1) is 20.8. The molecule has 230 valence electrons. The molecule has 3 heterocycles. The highest BCUT2D eigenvalue weighted by Gasteiger charge is 2.28. The van der Waals surface area contributed by atoms with E-state index < -0.39 is 0 Å². The van der Waals surface area contributed by atoms with Crippen LogP contribution in [0, 0.1) is 12.8 Å². The minimum Gasteiger partial charge on any atom is -0.487 e. The van der Waals surface area contributed by atoms with Gasteiger partial charge in [-0.3, -0.25) is 14.7 Å². The van der Waals surface area contributed by atoms with E-state index >= 15 is 0 Å². The number of ether oxygens (including phenoxy) is 1. The number of H-pyrrole nitrogens is 1. The van der Waals surface area contributed by atoms with E-state index in [-0.39, 0.29) is 11.8 Å². The molecule has 1 saturated heterocycles. The maximum atomic E-state index is 12.7. The molecule has 1 saturated carbocycles. The maximum absolute atomic E-state index is 12.7. The third kappa shape index (κ3) is 8.05. The van der Waals surface area contributed by atoms with E-state index in [0.29, 0.717) is 79.9 Å². The Balaban J connectivity index is 1.38. The van der Waals surface area contributed by atoms with Crippen molar-refractivity contribution in [3.05, 3.63) is 41.6 Å². The van der Waals surface area contributed by atoms with Gasteiger partial charge in [-0.15, -0.1) is 0 Å². The zero-order chi connectivity index (χ0) is 30.3. The monoisotopic (exact) mass is 606 g/mol. The number of carbonyl (C=O) groups is 2. The molecule has 1 amide bonds. The van der Waals surface area contributed by atoms with Crippen LogP contribution in [0.1, 0.15) is 43.9 Å². The lowest BCUT2D eigenvalue weighted by Crippen LogP contribution is -2.51. The first-order valence-electron chi connectivity index (χ1n) is 15.1. The van der Waals surface area contributed by atoms with Crippen LogP contribution in [0.2, 0.25) is 0 Å². The Morgan fingerprint density at radius 1 is 1.09 bits per heavy atom. The van der Waals surface area contributed by atoms with E-state index in [2.05, 4.69) is 20.4 Å². The van der Waals surface area contributed by atoms with E-state index in [1.165, 1.54) is 11.8 Å². The zero-order valence-electron chi connectivity index (χ0n) is 25.6. The fraction of sp³-hybridized carbons (Fsp3) is 0.516. The second-order valence-corrected chi connectivity index (χ2v) is 12.5. The number of anilines is 3. The van der Waals surface area contributed by atoms with Gasteiger partial charge in [-0.05, 0) is 70.2 Å². The average Bonchev–Trinajstić information content (AvgIpc) is 3.67. The highest BCUT2D eigenvalue weighted by molar-refractivity contribution is 7.99. The van der Waals surface area contributed by atoms with Crippen LogP contribution in [-0.4, -0.2) is 95.1 Å². The van der Waals surface area contributed by atoms with Crippen molar-refractivity contribution in [2.24, 2.45) is 5.92 Å². The second-order valence-electron chi connectivity index (χ2n) is 11.5. The lowest BCUT2D eigenvalue weighted by molar-refractivity contribution is -0.132. The van der Waals surface area contributed by atoms with Crippen LogP contribution in [0.4, 0.5) is 17.5 Å². The van der Waals surface area contributed by atoms with Gasteiger partial charge in [0.1, 0.15) is 5.78 Å². The summed E-state index contributed by atoms with van der Waals surface area (Å²) in [6.45, 7) is 7.18. The third-order valence-corrected chi connectivity index (χ3v) is 8.65. The first-order valence-corrected chi connectivity index (χ1v) is 15.9. The quantitative estimate of drug-likeness (QED) is 0.289. The van der Waals surface area contributed by atoms with Crippen molar-refractivity contribution in [2.75, 3.05) is 63.6 Å². The number of ketones is 1. The van der Waals surface area contributed by atoms with E-state index in [1.54, 1.807) is 0 Å². The van der Waals surface area contributed by atoms with Crippen LogP contribution < -0.4 is 15.0 Å². The van der Waals surface area contributed by atoms with Crippen molar-refractivity contribution >= 4 is 40.9 Å². The molecule has 2 fully saturated rings. The Kier molecular flexibility index (Phi) is 10.2. The van der Waals surface area contributed by atoms with Gasteiger partial charge in [-0.25, -0.2) is 9.97 Å². The van der Waals surface area contributed by atoms with Crippen LogP contribution >= 0.6 is 11.8 Å². The Morgan fingerprint density at radius 2 is 1.81 bits per heavy atom. The molecule has 0 atom stereocenters. The molecule has 0 radical (unpaired) electrons. The SMILES string of the molecule is CCOc1c(Nc2cc(C)[nH]n2)nc(Sc2ccc(CC(=O)C3CCCC3)cc2)nc1N1CCN(C(=O)CN(C)C)CC1. The lowest BCUT2D eigenvalue weighted by Gasteiger charge is -2.36. The fourth-order valence-corrected chi connectivity index (χ4v) is 6.31. The lowest BCUT2D eigenvalue weighted by atomic mass is 9.97. The van der Waals surface area contributed by atoms with Crippen LogP contribution in [-0.2, 0) is 16.0 Å². The van der Waals surface area contributed by atoms with Gasteiger partial charge >= 0.3 is 0 Å². The van der Waals surface area contributed by atoms with Crippen molar-refractivity contribution in [3.8, 4) is 5.75 Å². The number of likely N-dealkylation sites (N-methyl/N-ethyl adjacent to an activating group) is 1. The summed E-state index contributed by atoms with van der Waals surface area (Å²) in [7, 11) is 3.81. The minimum atomic E-state index is 0.123. The standard InChI is InChI=1S/C31H42N8O3S/c1-5-42-28-29(32-26-18-21(2)35-36-26)33-31(34-30(28)39-16-14-38(15-17-39)27(41)20-37(3)4)43-24-12-10-22(11-13-24)19-25(40)23-8-6-7-9-23/h10-13,18,23H,5-9,14-17,19-20H2,1-4H3,(H2,32,33,34,35,36). The number of aromatic nitrogens is 4. The van der Waals surface area contributed by atoms with Crippen molar-refractivity contribution in [1.82, 2.24) is 30.0 Å². The van der Waals surface area contributed by atoms with Crippen LogP contribution in [0.5, 0.6) is 5.75 Å². The summed E-state index contributed by atoms with van der Waals surface area (Å²) in [6.07, 6.45) is 4.87. The van der Waals surface area contributed by atoms with E-state index in [4.69, 9.17) is 14.7 Å². The molecule has 3 aromatic rings. The summed E-state index contributed by atoms with van der Waals surface area (Å²) in [5.41, 5.74) is 1.96. The summed E-state index contributed by atoms with van der Waals surface area (Å²) < 4.78 is 6.13. The Labute approximate surface area is 257 Å². The number of rotatable bonds is 12. The van der Waals surface area contributed by atoms with Crippen molar-refractivity contribution in [3.63, 3.8) is 0 Å². The normalized spacial score (nSPS) is 15.7. The number of Topliss-reactive ketones (excluding diaryl/α,β-unsaturated/α-hetero) is 1. The highest BCUT2D eigenvalue weighted by atomic mass is 32.2. The number of carbonyl (C=O) groups excluding carboxylic acids is 2. The van der Waals surface area contributed by atoms with Gasteiger partial charge in [0.25, 0.3) is 0 Å². The number of hydrogen-bond donors (Lipinski definition) is 2. The summed E-state index contributed by atoms with van der Waals surface area (Å²) in [6, 6.07) is 10.0. The van der Waals surface area contributed by atoms with Crippen LogP contribution in [0.25, 0.3) is 0 Å². The molecule has 0 spiro atoms. The average molecular weight is 607 g/mol. The van der Waals surface area contributed by atoms with Gasteiger partial charge in [0.15, 0.2) is 22.6 Å². The molecule has 2 aromatic heterocycles. The molecular weight excluding hydrogens is 564 g/mol. The van der Waals surface area contributed by atoms with Gasteiger partial charge in [0.05, 0.1) is 13.2 Å². The fourth-order valence-electron chi connectivity index (χ4n) is 5.56. The number of benzene rings is 1. The van der Waals surface area contributed by atoms with E-state index in [9.17, 15) is 9.59 Å². The third-order valence-electron chi connectivity index (χ3n) is 7.77. The number of aromatic amines is 1. The molecule has 2 N–H and O–H groups in total. The number of amides is 1. The molecule has 43 heavy (non-hydrogen) atoms. The number of aryl methyl sites for hydroxylation is 1. The number of hydrogen-bond acceptors (Lipinski definition) is 10. The molecule has 1 aliphatic carbocycles. The van der Waals surface area contributed by atoms with Crippen molar-refractivity contribution in [1.29, 1.82) is 0 Å². The molecule has 11 nitrogen and oxygen atoms in total. The Morgan fingerprint density at radius 3 is 2.44 bits per heavy atom. The van der Waals surface area contributed by atoms with Gasteiger partial charge in [0.2, 0.25) is 11.7 Å². The molecule has 0 bridgehead atoms. The molecule has 2 aliphatic rings. The van der Waals surface area contributed by atoms with E-state index in [0.717, 1.165) is 41.8 Å². The first kappa shape index (κ1) is 30.8. The van der Waals surface area contributed by atoms with Gasteiger partial charge in [-0.2, -0.15) is 5.10 Å². The zero-order valence-corrected chi connectivity index (χ0v) is 26.4. The van der Waals surface area contributed by atoms with E-state index in [1.807, 2.05) is 68.1 Å². The molecule has 5 rings (SSSR count). The summed E-state index contributed by atoms with van der Waals surface area (Å²) in [5, 5.41) is 11.2. The van der Waals surface area contributed by atoms with Gasteiger partial charge in [0, 0.05) is 55.2 Å². The summed E-state index contributed by atoms with van der Waals surface area (Å²) in [4.78, 5) is 42.1. The summed E-state index contributed by atoms with van der Waals surface area (Å²) in [5.74, 6) is 3.11. The number of nitrogens with one attached hydrogen (secondary N) is 2. The predicted octanol–water partition coefficient (Wildman–Crippen LogP) is 4.31. The summed E-state index contributed by atoms with van der Waals surface area (Å²) >= 11 is 1.46.